The predicted octanol–water partition coefficient (Wildman–Crippen LogP) is 2.00. The fourth-order valence-corrected chi connectivity index (χ4v) is 2.56. The van der Waals surface area contributed by atoms with Crippen LogP contribution in [0.3, 0.4) is 0 Å². The van der Waals surface area contributed by atoms with Crippen molar-refractivity contribution in [1.82, 2.24) is 24.9 Å². The zero-order valence-corrected chi connectivity index (χ0v) is 11.3. The molecular weight excluding hydrogens is 264 g/mol. The van der Waals surface area contributed by atoms with Gasteiger partial charge in [0.25, 0.3) is 0 Å². The molecule has 0 fully saturated rings. The highest BCUT2D eigenvalue weighted by Crippen LogP contribution is 2.24. The van der Waals surface area contributed by atoms with E-state index in [9.17, 15) is 0 Å². The van der Waals surface area contributed by atoms with E-state index in [1.807, 2.05) is 12.3 Å². The Morgan fingerprint density at radius 2 is 2.05 bits per heavy atom. The summed E-state index contributed by atoms with van der Waals surface area (Å²) >= 11 is 0. The van der Waals surface area contributed by atoms with Crippen LogP contribution in [-0.2, 0) is 6.42 Å². The summed E-state index contributed by atoms with van der Waals surface area (Å²) in [5.41, 5.74) is 10.4. The number of rotatable bonds is 3. The molecule has 4 rings (SSSR count). The van der Waals surface area contributed by atoms with Gasteiger partial charge in [0, 0.05) is 22.7 Å². The number of H-pyrrole nitrogens is 2. The highest BCUT2D eigenvalue weighted by Gasteiger charge is 2.08. The molecule has 0 atom stereocenters. The molecule has 104 valence electrons. The quantitative estimate of drug-likeness (QED) is 0.534. The van der Waals surface area contributed by atoms with E-state index >= 15 is 0 Å². The lowest BCUT2D eigenvalue weighted by Gasteiger charge is -2.01. The summed E-state index contributed by atoms with van der Waals surface area (Å²) in [6.45, 7) is 0.646. The molecule has 4 aromatic rings. The van der Waals surface area contributed by atoms with E-state index in [0.717, 1.165) is 23.0 Å². The minimum absolute atomic E-state index is 0.646. The zero-order chi connectivity index (χ0) is 14.2. The molecule has 0 saturated carbocycles. The summed E-state index contributed by atoms with van der Waals surface area (Å²) in [6, 6.07) is 6.18. The van der Waals surface area contributed by atoms with Gasteiger partial charge in [0.15, 0.2) is 11.5 Å². The van der Waals surface area contributed by atoms with Crippen LogP contribution in [0.5, 0.6) is 0 Å². The minimum atomic E-state index is 0.646. The number of nitrogens with zero attached hydrogens (tertiary/aromatic N) is 3. The lowest BCUT2D eigenvalue weighted by molar-refractivity contribution is 0.976. The number of hydrogen-bond acceptors (Lipinski definition) is 4. The molecule has 0 unspecified atom stereocenters. The molecule has 6 heteroatoms. The molecule has 3 heterocycles. The molecule has 0 aliphatic heterocycles. The Hall–Kier alpha value is -2.73. The van der Waals surface area contributed by atoms with Crippen LogP contribution >= 0.6 is 0 Å². The maximum atomic E-state index is 5.63. The fourth-order valence-electron chi connectivity index (χ4n) is 2.56. The standard InChI is InChI=1S/C15H14N6/c16-4-3-10-6-17-12-5-9(1-2-11(10)12)14-18-7-13-15(21-14)20-8-19-13/h1-2,5-8,17H,3-4,16H2,(H,18,19,20,21). The third-order valence-corrected chi connectivity index (χ3v) is 3.61. The van der Waals surface area contributed by atoms with Gasteiger partial charge in [-0.2, -0.15) is 0 Å². The van der Waals surface area contributed by atoms with Gasteiger partial charge in [0.1, 0.15) is 5.52 Å². The van der Waals surface area contributed by atoms with E-state index in [0.29, 0.717) is 18.0 Å². The Morgan fingerprint density at radius 1 is 1.10 bits per heavy atom. The van der Waals surface area contributed by atoms with Crippen LogP contribution in [0.15, 0.2) is 36.9 Å². The Labute approximate surface area is 120 Å². The molecule has 0 aliphatic carbocycles. The molecular formula is C15H14N6. The Balaban J connectivity index is 1.82. The van der Waals surface area contributed by atoms with E-state index in [4.69, 9.17) is 5.73 Å². The van der Waals surface area contributed by atoms with Crippen LogP contribution in [-0.4, -0.2) is 31.5 Å². The molecule has 21 heavy (non-hydrogen) atoms. The number of nitrogens with two attached hydrogens (primary N) is 1. The molecule has 0 saturated heterocycles. The van der Waals surface area contributed by atoms with Gasteiger partial charge in [0.2, 0.25) is 0 Å². The van der Waals surface area contributed by atoms with E-state index < -0.39 is 0 Å². The number of aromatic nitrogens is 5. The summed E-state index contributed by atoms with van der Waals surface area (Å²) in [7, 11) is 0. The van der Waals surface area contributed by atoms with E-state index in [-0.39, 0.29) is 0 Å². The number of imidazole rings is 1. The Morgan fingerprint density at radius 3 is 2.95 bits per heavy atom. The molecule has 0 amide bonds. The summed E-state index contributed by atoms with van der Waals surface area (Å²) in [5.74, 6) is 0.673. The van der Waals surface area contributed by atoms with Gasteiger partial charge in [-0.05, 0) is 24.6 Å². The van der Waals surface area contributed by atoms with Crippen molar-refractivity contribution in [2.75, 3.05) is 6.54 Å². The Kier molecular flexibility index (Phi) is 2.68. The number of fused-ring (bicyclic) bond motifs is 2. The summed E-state index contributed by atoms with van der Waals surface area (Å²) in [4.78, 5) is 19.3. The zero-order valence-electron chi connectivity index (χ0n) is 11.3. The lowest BCUT2D eigenvalue weighted by atomic mass is 10.1. The van der Waals surface area contributed by atoms with Crippen molar-refractivity contribution in [1.29, 1.82) is 0 Å². The summed E-state index contributed by atoms with van der Waals surface area (Å²) in [6.07, 6.45) is 6.26. The van der Waals surface area contributed by atoms with Gasteiger partial charge in [-0.1, -0.05) is 12.1 Å². The second kappa shape index (κ2) is 4.68. The van der Waals surface area contributed by atoms with Gasteiger partial charge >= 0.3 is 0 Å². The van der Waals surface area contributed by atoms with Crippen molar-refractivity contribution in [3.63, 3.8) is 0 Å². The van der Waals surface area contributed by atoms with Gasteiger partial charge in [-0.25, -0.2) is 15.0 Å². The predicted molar refractivity (Wildman–Crippen MR) is 81.7 cm³/mol. The van der Waals surface area contributed by atoms with Crippen LogP contribution in [0.4, 0.5) is 0 Å². The smallest absolute Gasteiger partial charge is 0.181 e. The number of benzene rings is 1. The van der Waals surface area contributed by atoms with Crippen molar-refractivity contribution >= 4 is 22.1 Å². The number of hydrogen-bond donors (Lipinski definition) is 3. The van der Waals surface area contributed by atoms with Crippen molar-refractivity contribution < 1.29 is 0 Å². The van der Waals surface area contributed by atoms with Crippen LogP contribution in [0, 0.1) is 0 Å². The lowest BCUT2D eigenvalue weighted by Crippen LogP contribution is -2.01. The van der Waals surface area contributed by atoms with E-state index in [2.05, 4.69) is 37.1 Å². The van der Waals surface area contributed by atoms with Gasteiger partial charge < -0.3 is 15.7 Å². The molecule has 0 spiro atoms. The maximum absolute atomic E-state index is 5.63. The molecule has 0 radical (unpaired) electrons. The van der Waals surface area contributed by atoms with Crippen LogP contribution in [0.2, 0.25) is 0 Å². The molecule has 6 nitrogen and oxygen atoms in total. The Bertz CT molecular complexity index is 920. The summed E-state index contributed by atoms with van der Waals surface area (Å²) < 4.78 is 0. The first-order chi connectivity index (χ1) is 10.3. The van der Waals surface area contributed by atoms with Crippen LogP contribution < -0.4 is 5.73 Å². The first kappa shape index (κ1) is 12.0. The normalized spacial score (nSPS) is 11.5. The van der Waals surface area contributed by atoms with Crippen molar-refractivity contribution in [3.05, 3.63) is 42.5 Å². The SMILES string of the molecule is NCCc1c[nH]c2cc(-c3ncc4[nH]cnc4n3)ccc12. The average molecular weight is 278 g/mol. The van der Waals surface area contributed by atoms with Crippen LogP contribution in [0.1, 0.15) is 5.56 Å². The van der Waals surface area contributed by atoms with E-state index in [1.54, 1.807) is 12.5 Å². The van der Waals surface area contributed by atoms with Gasteiger partial charge in [-0.3, -0.25) is 0 Å². The second-order valence-corrected chi connectivity index (χ2v) is 4.95. The van der Waals surface area contributed by atoms with Crippen molar-refractivity contribution in [3.8, 4) is 11.4 Å². The summed E-state index contributed by atoms with van der Waals surface area (Å²) in [5, 5.41) is 1.20. The first-order valence-electron chi connectivity index (χ1n) is 6.82. The largest absolute Gasteiger partial charge is 0.361 e. The molecule has 3 aromatic heterocycles. The monoisotopic (exact) mass is 278 g/mol. The maximum Gasteiger partial charge on any atom is 0.181 e. The highest BCUT2D eigenvalue weighted by atomic mass is 15.0. The molecule has 1 aromatic carbocycles. The molecule has 0 aliphatic rings. The fraction of sp³-hybridized carbons (Fsp3) is 0.133. The third kappa shape index (κ3) is 1.96. The van der Waals surface area contributed by atoms with Crippen LogP contribution in [0.25, 0.3) is 33.5 Å². The van der Waals surface area contributed by atoms with Crippen molar-refractivity contribution in [2.24, 2.45) is 5.73 Å². The van der Waals surface area contributed by atoms with E-state index in [1.165, 1.54) is 10.9 Å². The first-order valence-corrected chi connectivity index (χ1v) is 6.82. The number of aromatic amines is 2. The van der Waals surface area contributed by atoms with Crippen molar-refractivity contribution in [2.45, 2.75) is 6.42 Å². The molecule has 0 bridgehead atoms. The van der Waals surface area contributed by atoms with Gasteiger partial charge in [0.05, 0.1) is 12.5 Å². The molecule has 4 N–H and O–H groups in total. The van der Waals surface area contributed by atoms with Gasteiger partial charge in [-0.15, -0.1) is 0 Å². The minimum Gasteiger partial charge on any atom is -0.361 e. The topological polar surface area (TPSA) is 96.3 Å². The highest BCUT2D eigenvalue weighted by molar-refractivity contribution is 5.87. The number of nitrogens with one attached hydrogen (secondary N) is 2. The average Bonchev–Trinajstić information content (AvgIpc) is 3.13. The second-order valence-electron chi connectivity index (χ2n) is 4.95. The third-order valence-electron chi connectivity index (χ3n) is 3.61.